The first-order chi connectivity index (χ1) is 10.3. The highest BCUT2D eigenvalue weighted by Gasteiger charge is 2.28. The summed E-state index contributed by atoms with van der Waals surface area (Å²) < 4.78 is 5.06. The summed E-state index contributed by atoms with van der Waals surface area (Å²) in [5.74, 6) is 0.0926. The first-order valence-corrected chi connectivity index (χ1v) is 7.69. The molecule has 0 bridgehead atoms. The van der Waals surface area contributed by atoms with Gasteiger partial charge < -0.3 is 9.32 Å². The van der Waals surface area contributed by atoms with E-state index in [9.17, 15) is 4.79 Å². The molecule has 1 aromatic carbocycles. The van der Waals surface area contributed by atoms with Gasteiger partial charge in [-0.3, -0.25) is 4.79 Å². The fourth-order valence-electron chi connectivity index (χ4n) is 3.19. The normalized spacial score (nSPS) is 17.3. The van der Waals surface area contributed by atoms with Gasteiger partial charge in [0.05, 0.1) is 11.8 Å². The smallest absolute Gasteiger partial charge is 0.257 e. The lowest BCUT2D eigenvalue weighted by atomic mass is 9.87. The van der Waals surface area contributed by atoms with Gasteiger partial charge in [-0.25, -0.2) is 0 Å². The van der Waals surface area contributed by atoms with Crippen LogP contribution in [0.1, 0.15) is 41.3 Å². The molecule has 1 aliphatic carbocycles. The highest BCUT2D eigenvalue weighted by atomic mass is 16.3. The van der Waals surface area contributed by atoms with Gasteiger partial charge in [0.2, 0.25) is 0 Å². The Kier molecular flexibility index (Phi) is 4.09. The Hall–Kier alpha value is -2.03. The van der Waals surface area contributed by atoms with Gasteiger partial charge in [0.25, 0.3) is 5.91 Å². The average molecular weight is 283 g/mol. The van der Waals surface area contributed by atoms with Gasteiger partial charge in [0.15, 0.2) is 0 Å². The third-order valence-electron chi connectivity index (χ3n) is 4.26. The van der Waals surface area contributed by atoms with Crippen LogP contribution >= 0.6 is 0 Å². The van der Waals surface area contributed by atoms with Crippen molar-refractivity contribution < 1.29 is 9.21 Å². The number of nitrogens with zero attached hydrogens (tertiary/aromatic N) is 1. The average Bonchev–Trinajstić information content (AvgIpc) is 3.06. The molecule has 1 aromatic heterocycles. The number of carbonyl (C=O) groups is 1. The summed E-state index contributed by atoms with van der Waals surface area (Å²) in [7, 11) is 0. The van der Waals surface area contributed by atoms with Crippen LogP contribution in [0, 0.1) is 0 Å². The lowest BCUT2D eigenvalue weighted by Gasteiger charge is -2.35. The summed E-state index contributed by atoms with van der Waals surface area (Å²) in [6, 6.07) is 10.6. The zero-order chi connectivity index (χ0) is 14.7. The Morgan fingerprint density at radius 2 is 2.10 bits per heavy atom. The van der Waals surface area contributed by atoms with Crippen LogP contribution in [0.3, 0.4) is 0 Å². The van der Waals surface area contributed by atoms with Crippen LogP contribution in [0.2, 0.25) is 0 Å². The van der Waals surface area contributed by atoms with E-state index in [-0.39, 0.29) is 5.91 Å². The van der Waals surface area contributed by atoms with E-state index in [1.54, 1.807) is 18.6 Å². The summed E-state index contributed by atoms with van der Waals surface area (Å²) in [6.45, 7) is 2.92. The van der Waals surface area contributed by atoms with Crippen molar-refractivity contribution >= 4 is 5.91 Å². The number of hydrogen-bond acceptors (Lipinski definition) is 2. The Labute approximate surface area is 125 Å². The van der Waals surface area contributed by atoms with E-state index in [0.717, 1.165) is 32.2 Å². The number of rotatable bonds is 4. The summed E-state index contributed by atoms with van der Waals surface area (Å²) in [5.41, 5.74) is 3.47. The van der Waals surface area contributed by atoms with E-state index in [1.165, 1.54) is 11.1 Å². The van der Waals surface area contributed by atoms with Crippen LogP contribution in [-0.2, 0) is 12.8 Å². The van der Waals surface area contributed by atoms with E-state index in [0.29, 0.717) is 11.6 Å². The highest BCUT2D eigenvalue weighted by molar-refractivity contribution is 5.94. The lowest BCUT2D eigenvalue weighted by Crippen LogP contribution is -2.43. The standard InChI is InChI=1S/C18H21NO2/c1-2-10-19(18(20)16-9-11-21-13-16)17-8-7-14-5-3-4-6-15(14)12-17/h3-6,9,11,13,17H,2,7-8,10,12H2,1H3. The molecular formula is C18H21NO2. The van der Waals surface area contributed by atoms with Crippen molar-refractivity contribution in [2.75, 3.05) is 6.54 Å². The molecule has 3 rings (SSSR count). The maximum Gasteiger partial charge on any atom is 0.257 e. The van der Waals surface area contributed by atoms with Crippen molar-refractivity contribution in [3.05, 3.63) is 59.5 Å². The second-order valence-electron chi connectivity index (χ2n) is 5.68. The molecule has 1 aliphatic rings. The van der Waals surface area contributed by atoms with Gasteiger partial charge in [-0.2, -0.15) is 0 Å². The molecule has 2 aromatic rings. The number of amides is 1. The SMILES string of the molecule is CCCN(C(=O)c1ccoc1)C1CCc2ccccc2C1. The zero-order valence-corrected chi connectivity index (χ0v) is 12.4. The van der Waals surface area contributed by atoms with E-state index in [1.807, 2.05) is 4.90 Å². The molecule has 3 nitrogen and oxygen atoms in total. The molecule has 0 N–H and O–H groups in total. The molecule has 21 heavy (non-hydrogen) atoms. The van der Waals surface area contributed by atoms with Crippen molar-refractivity contribution in [2.24, 2.45) is 0 Å². The molecule has 0 fully saturated rings. The molecular weight excluding hydrogens is 262 g/mol. The second kappa shape index (κ2) is 6.17. The molecule has 110 valence electrons. The van der Waals surface area contributed by atoms with E-state index in [2.05, 4.69) is 31.2 Å². The van der Waals surface area contributed by atoms with Crippen LogP contribution < -0.4 is 0 Å². The largest absolute Gasteiger partial charge is 0.472 e. The van der Waals surface area contributed by atoms with Crippen LogP contribution in [0.5, 0.6) is 0 Å². The molecule has 0 aliphatic heterocycles. The number of benzene rings is 1. The van der Waals surface area contributed by atoms with Crippen LogP contribution in [0.25, 0.3) is 0 Å². The molecule has 0 radical (unpaired) electrons. The minimum atomic E-state index is 0.0926. The van der Waals surface area contributed by atoms with Crippen molar-refractivity contribution in [1.82, 2.24) is 4.90 Å². The molecule has 1 heterocycles. The summed E-state index contributed by atoms with van der Waals surface area (Å²) in [5, 5.41) is 0. The first kappa shape index (κ1) is 13.9. The fraction of sp³-hybridized carbons (Fsp3) is 0.389. The molecule has 1 amide bonds. The molecule has 3 heteroatoms. The summed E-state index contributed by atoms with van der Waals surface area (Å²) in [4.78, 5) is 14.7. The van der Waals surface area contributed by atoms with E-state index >= 15 is 0 Å². The van der Waals surface area contributed by atoms with Gasteiger partial charge in [0, 0.05) is 12.6 Å². The van der Waals surface area contributed by atoms with E-state index < -0.39 is 0 Å². The monoisotopic (exact) mass is 283 g/mol. The topological polar surface area (TPSA) is 33.5 Å². The first-order valence-electron chi connectivity index (χ1n) is 7.69. The maximum atomic E-state index is 12.7. The number of carbonyl (C=O) groups excluding carboxylic acids is 1. The molecule has 0 spiro atoms. The minimum absolute atomic E-state index is 0.0926. The quantitative estimate of drug-likeness (QED) is 0.857. The van der Waals surface area contributed by atoms with Crippen molar-refractivity contribution in [1.29, 1.82) is 0 Å². The number of aryl methyl sites for hydroxylation is 1. The Balaban J connectivity index is 1.81. The van der Waals surface area contributed by atoms with E-state index in [4.69, 9.17) is 4.42 Å². The highest BCUT2D eigenvalue weighted by Crippen LogP contribution is 2.25. The van der Waals surface area contributed by atoms with Crippen LogP contribution in [0.15, 0.2) is 47.3 Å². The number of furan rings is 1. The molecule has 1 unspecified atom stereocenters. The summed E-state index contributed by atoms with van der Waals surface area (Å²) >= 11 is 0. The fourth-order valence-corrected chi connectivity index (χ4v) is 3.19. The zero-order valence-electron chi connectivity index (χ0n) is 12.4. The Morgan fingerprint density at radius 3 is 2.81 bits per heavy atom. The molecule has 0 saturated carbocycles. The minimum Gasteiger partial charge on any atom is -0.472 e. The third-order valence-corrected chi connectivity index (χ3v) is 4.26. The van der Waals surface area contributed by atoms with Gasteiger partial charge >= 0.3 is 0 Å². The summed E-state index contributed by atoms with van der Waals surface area (Å²) in [6.07, 6.45) is 7.14. The number of hydrogen-bond donors (Lipinski definition) is 0. The predicted octanol–water partition coefficient (Wildman–Crippen LogP) is 3.69. The van der Waals surface area contributed by atoms with Crippen molar-refractivity contribution in [3.8, 4) is 0 Å². The van der Waals surface area contributed by atoms with Crippen molar-refractivity contribution in [2.45, 2.75) is 38.6 Å². The Morgan fingerprint density at radius 1 is 1.29 bits per heavy atom. The molecule has 1 atom stereocenters. The Bertz CT molecular complexity index is 603. The van der Waals surface area contributed by atoms with Gasteiger partial charge in [-0.15, -0.1) is 0 Å². The van der Waals surface area contributed by atoms with Crippen LogP contribution in [-0.4, -0.2) is 23.4 Å². The van der Waals surface area contributed by atoms with Gasteiger partial charge in [0.1, 0.15) is 6.26 Å². The van der Waals surface area contributed by atoms with Gasteiger partial charge in [-0.1, -0.05) is 31.2 Å². The van der Waals surface area contributed by atoms with Crippen molar-refractivity contribution in [3.63, 3.8) is 0 Å². The third kappa shape index (κ3) is 2.87. The lowest BCUT2D eigenvalue weighted by molar-refractivity contribution is 0.0661. The second-order valence-corrected chi connectivity index (χ2v) is 5.68. The van der Waals surface area contributed by atoms with Crippen LogP contribution in [0.4, 0.5) is 0 Å². The maximum absolute atomic E-state index is 12.7. The number of fused-ring (bicyclic) bond motifs is 1. The van der Waals surface area contributed by atoms with Gasteiger partial charge in [-0.05, 0) is 42.9 Å². The predicted molar refractivity (Wildman–Crippen MR) is 82.3 cm³/mol. The molecule has 0 saturated heterocycles.